The number of nitrogens with zero attached hydrogens (tertiary/aromatic N) is 2. The van der Waals surface area contributed by atoms with E-state index in [1.807, 2.05) is 19.0 Å². The smallest absolute Gasteiger partial charge is 0.0537 e. The van der Waals surface area contributed by atoms with E-state index in [9.17, 15) is 0 Å². The maximum Gasteiger partial charge on any atom is 0.0537 e. The van der Waals surface area contributed by atoms with E-state index in [-0.39, 0.29) is 0 Å². The van der Waals surface area contributed by atoms with E-state index < -0.39 is 0 Å². The van der Waals surface area contributed by atoms with Crippen molar-refractivity contribution in [1.82, 2.24) is 5.01 Å². The zero-order chi connectivity index (χ0) is 6.69. The summed E-state index contributed by atoms with van der Waals surface area (Å²) in [4.78, 5) is 0. The minimum absolute atomic E-state index is 0.942. The zero-order valence-electron chi connectivity index (χ0n) is 5.96. The van der Waals surface area contributed by atoms with Crippen LogP contribution in [0.3, 0.4) is 0 Å². The molecule has 0 atom stereocenters. The van der Waals surface area contributed by atoms with Crippen molar-refractivity contribution in [2.45, 2.75) is 13.3 Å². The van der Waals surface area contributed by atoms with Crippen LogP contribution in [-0.2, 0) is 0 Å². The van der Waals surface area contributed by atoms with Gasteiger partial charge in [-0.2, -0.15) is 5.10 Å². The summed E-state index contributed by atoms with van der Waals surface area (Å²) >= 11 is 0. The van der Waals surface area contributed by atoms with Gasteiger partial charge in [-0.25, -0.2) is 0 Å². The van der Waals surface area contributed by atoms with Gasteiger partial charge in [0.05, 0.1) is 6.54 Å². The minimum Gasteiger partial charge on any atom is -0.296 e. The maximum absolute atomic E-state index is 4.26. The zero-order valence-corrected chi connectivity index (χ0v) is 5.96. The Balaban J connectivity index is 2.62. The van der Waals surface area contributed by atoms with Gasteiger partial charge < -0.3 is 0 Å². The molecule has 0 amide bonds. The van der Waals surface area contributed by atoms with E-state index in [2.05, 4.69) is 17.3 Å². The summed E-state index contributed by atoms with van der Waals surface area (Å²) < 4.78 is 0. The first-order valence-corrected chi connectivity index (χ1v) is 3.19. The largest absolute Gasteiger partial charge is 0.296 e. The van der Waals surface area contributed by atoms with E-state index in [4.69, 9.17) is 0 Å². The molecule has 1 aliphatic heterocycles. The van der Waals surface area contributed by atoms with Crippen LogP contribution >= 0.6 is 0 Å². The highest BCUT2D eigenvalue weighted by atomic mass is 15.4. The van der Waals surface area contributed by atoms with Gasteiger partial charge in [0.2, 0.25) is 0 Å². The Morgan fingerprint density at radius 1 is 1.56 bits per heavy atom. The Morgan fingerprint density at radius 2 is 2.33 bits per heavy atom. The van der Waals surface area contributed by atoms with Crippen molar-refractivity contribution >= 4 is 5.71 Å². The molecule has 0 fully saturated rings. The molecule has 1 aliphatic rings. The van der Waals surface area contributed by atoms with E-state index in [0.29, 0.717) is 0 Å². The Hall–Kier alpha value is -0.790. The lowest BCUT2D eigenvalue weighted by Crippen LogP contribution is -2.10. The number of likely N-dealkylation sites (N-methyl/N-ethyl adjacent to an activating group) is 1. The Kier molecular flexibility index (Phi) is 1.88. The standard InChI is InChI=1S/C7H12N2/c1-7-5-3-4-6-9(2)8-7/h3-4H,5-6H2,1-2H3. The summed E-state index contributed by atoms with van der Waals surface area (Å²) in [5, 5.41) is 6.21. The fourth-order valence-corrected chi connectivity index (χ4v) is 0.854. The van der Waals surface area contributed by atoms with E-state index >= 15 is 0 Å². The van der Waals surface area contributed by atoms with Gasteiger partial charge in [0, 0.05) is 19.2 Å². The normalized spacial score (nSPS) is 19.3. The molecule has 2 nitrogen and oxygen atoms in total. The van der Waals surface area contributed by atoms with Gasteiger partial charge in [-0.1, -0.05) is 12.2 Å². The molecule has 0 aromatic rings. The monoisotopic (exact) mass is 124 g/mol. The summed E-state index contributed by atoms with van der Waals surface area (Å²) in [6, 6.07) is 0. The lowest BCUT2D eigenvalue weighted by molar-refractivity contribution is 0.396. The van der Waals surface area contributed by atoms with Gasteiger partial charge in [-0.3, -0.25) is 5.01 Å². The molecule has 2 heteroatoms. The second-order valence-electron chi connectivity index (χ2n) is 2.35. The summed E-state index contributed by atoms with van der Waals surface area (Å²) in [5.41, 5.74) is 1.19. The second kappa shape index (κ2) is 2.67. The minimum atomic E-state index is 0.942. The second-order valence-corrected chi connectivity index (χ2v) is 2.35. The number of hydrogen-bond acceptors (Lipinski definition) is 2. The van der Waals surface area contributed by atoms with Crippen molar-refractivity contribution in [2.24, 2.45) is 5.10 Å². The summed E-state index contributed by atoms with van der Waals surface area (Å²) in [5.74, 6) is 0. The average molecular weight is 124 g/mol. The van der Waals surface area contributed by atoms with Crippen molar-refractivity contribution < 1.29 is 0 Å². The number of hydrogen-bond donors (Lipinski definition) is 0. The fraction of sp³-hybridized carbons (Fsp3) is 0.571. The molecule has 50 valence electrons. The molecule has 9 heavy (non-hydrogen) atoms. The SMILES string of the molecule is CC1=NN(C)CC=CC1. The molecule has 0 N–H and O–H groups in total. The molecular weight excluding hydrogens is 112 g/mol. The highest BCUT2D eigenvalue weighted by Gasteiger charge is 1.95. The van der Waals surface area contributed by atoms with Gasteiger partial charge in [0.15, 0.2) is 0 Å². The topological polar surface area (TPSA) is 15.6 Å². The number of hydrazone groups is 1. The van der Waals surface area contributed by atoms with Crippen LogP contribution in [0.25, 0.3) is 0 Å². The van der Waals surface area contributed by atoms with Gasteiger partial charge in [-0.15, -0.1) is 0 Å². The highest BCUT2D eigenvalue weighted by molar-refractivity contribution is 5.83. The summed E-state index contributed by atoms with van der Waals surface area (Å²) in [7, 11) is 1.99. The first-order valence-electron chi connectivity index (χ1n) is 3.19. The van der Waals surface area contributed by atoms with Crippen LogP contribution in [-0.4, -0.2) is 24.3 Å². The lowest BCUT2D eigenvalue weighted by Gasteiger charge is -2.07. The van der Waals surface area contributed by atoms with Crippen LogP contribution in [0.1, 0.15) is 13.3 Å². The van der Waals surface area contributed by atoms with Gasteiger partial charge in [-0.05, 0) is 6.92 Å². The van der Waals surface area contributed by atoms with Gasteiger partial charge in [0.25, 0.3) is 0 Å². The van der Waals surface area contributed by atoms with Crippen LogP contribution < -0.4 is 0 Å². The third kappa shape index (κ3) is 1.88. The first kappa shape index (κ1) is 6.33. The van der Waals surface area contributed by atoms with Crippen LogP contribution in [0.15, 0.2) is 17.3 Å². The molecule has 0 aliphatic carbocycles. The maximum atomic E-state index is 4.26. The molecule has 1 rings (SSSR count). The van der Waals surface area contributed by atoms with Crippen LogP contribution in [0, 0.1) is 0 Å². The van der Waals surface area contributed by atoms with Gasteiger partial charge >= 0.3 is 0 Å². The van der Waals surface area contributed by atoms with E-state index in [0.717, 1.165) is 13.0 Å². The number of rotatable bonds is 0. The molecule has 0 saturated carbocycles. The van der Waals surface area contributed by atoms with Crippen molar-refractivity contribution in [2.75, 3.05) is 13.6 Å². The summed E-state index contributed by atoms with van der Waals surface area (Å²) in [6.45, 7) is 2.99. The third-order valence-corrected chi connectivity index (χ3v) is 1.29. The molecule has 0 spiro atoms. The molecule has 0 radical (unpaired) electrons. The van der Waals surface area contributed by atoms with Gasteiger partial charge in [0.1, 0.15) is 0 Å². The molecular formula is C7H12N2. The molecule has 0 unspecified atom stereocenters. The first-order chi connectivity index (χ1) is 4.29. The van der Waals surface area contributed by atoms with Crippen molar-refractivity contribution in [1.29, 1.82) is 0 Å². The molecule has 0 aromatic carbocycles. The predicted octanol–water partition coefficient (Wildman–Crippen LogP) is 1.25. The molecule has 0 saturated heterocycles. The number of allylic oxidation sites excluding steroid dienone is 1. The highest BCUT2D eigenvalue weighted by Crippen LogP contribution is 1.97. The van der Waals surface area contributed by atoms with Crippen LogP contribution in [0.4, 0.5) is 0 Å². The van der Waals surface area contributed by atoms with Crippen LogP contribution in [0.2, 0.25) is 0 Å². The molecule has 0 bridgehead atoms. The van der Waals surface area contributed by atoms with Crippen molar-refractivity contribution in [3.05, 3.63) is 12.2 Å². The quantitative estimate of drug-likeness (QED) is 0.444. The third-order valence-electron chi connectivity index (χ3n) is 1.29. The Bertz CT molecular complexity index is 147. The van der Waals surface area contributed by atoms with Crippen molar-refractivity contribution in [3.63, 3.8) is 0 Å². The average Bonchev–Trinajstić information content (AvgIpc) is 1.93. The summed E-state index contributed by atoms with van der Waals surface area (Å²) in [6.07, 6.45) is 5.30. The predicted molar refractivity (Wildman–Crippen MR) is 39.5 cm³/mol. The van der Waals surface area contributed by atoms with Crippen molar-refractivity contribution in [3.8, 4) is 0 Å². The van der Waals surface area contributed by atoms with E-state index in [1.54, 1.807) is 0 Å². The lowest BCUT2D eigenvalue weighted by atomic mass is 10.3. The molecule has 0 aromatic heterocycles. The Morgan fingerprint density at radius 3 is 3.11 bits per heavy atom. The fourth-order valence-electron chi connectivity index (χ4n) is 0.854. The van der Waals surface area contributed by atoms with E-state index in [1.165, 1.54) is 5.71 Å². The Labute approximate surface area is 55.9 Å². The molecule has 1 heterocycles. The van der Waals surface area contributed by atoms with Crippen LogP contribution in [0.5, 0.6) is 0 Å².